The molecule has 1 atom stereocenters. The molecule has 0 aliphatic carbocycles. The van der Waals surface area contributed by atoms with Gasteiger partial charge in [0, 0.05) is 35.2 Å². The van der Waals surface area contributed by atoms with E-state index in [0.717, 1.165) is 16.7 Å². The third-order valence-corrected chi connectivity index (χ3v) is 8.65. The highest BCUT2D eigenvalue weighted by atomic mass is 28.4. The Kier molecular flexibility index (Phi) is 9.52. The van der Waals surface area contributed by atoms with Crippen LogP contribution in [0.5, 0.6) is 0 Å². The normalized spacial score (nSPS) is 13.4. The number of rotatable bonds is 10. The van der Waals surface area contributed by atoms with Gasteiger partial charge in [0.25, 0.3) is 0 Å². The smallest absolute Gasteiger partial charge is 0.374 e. The third kappa shape index (κ3) is 5.71. The number of carbonyl (C=O) groups excluding carboxylic acids is 1. The summed E-state index contributed by atoms with van der Waals surface area (Å²) in [5.41, 5.74) is 0. The fourth-order valence-corrected chi connectivity index (χ4v) is 6.19. The number of isocyanates is 1. The van der Waals surface area contributed by atoms with Crippen molar-refractivity contribution < 1.29 is 18.1 Å². The molecule has 17 heavy (non-hydrogen) atoms. The number of aliphatic imine (C=N–C) groups is 1. The zero-order chi connectivity index (χ0) is 13.1. The van der Waals surface area contributed by atoms with Crippen molar-refractivity contribution in [2.45, 2.75) is 32.4 Å². The number of nitrogens with zero attached hydrogens (tertiary/aromatic N) is 1. The molecular weight excluding hydrogens is 254 g/mol. The number of hydrogen-bond donors (Lipinski definition) is 0. The maximum atomic E-state index is 10.1. The van der Waals surface area contributed by atoms with Crippen LogP contribution < -0.4 is 0 Å². The van der Waals surface area contributed by atoms with Gasteiger partial charge < -0.3 is 13.3 Å². The van der Waals surface area contributed by atoms with Crippen molar-refractivity contribution in [3.05, 3.63) is 0 Å². The van der Waals surface area contributed by atoms with Crippen LogP contribution in [-0.4, -0.2) is 51.5 Å². The molecule has 7 heteroatoms. The second-order valence-electron chi connectivity index (χ2n) is 3.57. The highest BCUT2D eigenvalue weighted by Gasteiger charge is 2.46. The van der Waals surface area contributed by atoms with Gasteiger partial charge in [-0.3, -0.25) is 0 Å². The van der Waals surface area contributed by atoms with E-state index in [1.807, 2.05) is 20.8 Å². The van der Waals surface area contributed by atoms with Crippen LogP contribution in [0.4, 0.5) is 0 Å². The predicted molar refractivity (Wildman–Crippen MR) is 71.9 cm³/mol. The van der Waals surface area contributed by atoms with E-state index in [4.69, 9.17) is 13.3 Å². The van der Waals surface area contributed by atoms with E-state index in [-0.39, 0.29) is 5.16 Å². The van der Waals surface area contributed by atoms with Gasteiger partial charge in [-0.2, -0.15) is 0 Å². The molecule has 5 nitrogen and oxygen atoms in total. The van der Waals surface area contributed by atoms with Crippen LogP contribution in [0.1, 0.15) is 27.2 Å². The lowest BCUT2D eigenvalue weighted by Gasteiger charge is -2.33. The van der Waals surface area contributed by atoms with Gasteiger partial charge in [-0.05, 0) is 27.2 Å². The molecule has 0 aromatic rings. The average Bonchev–Trinajstić information content (AvgIpc) is 2.30. The molecule has 0 aliphatic rings. The van der Waals surface area contributed by atoms with Gasteiger partial charge in [0.1, 0.15) is 0 Å². The summed E-state index contributed by atoms with van der Waals surface area (Å²) in [6.07, 6.45) is 2.33. The highest BCUT2D eigenvalue weighted by molar-refractivity contribution is 6.69. The first-order valence-electron chi connectivity index (χ1n) is 6.12. The Morgan fingerprint density at radius 3 is 2.00 bits per heavy atom. The maximum absolute atomic E-state index is 10.1. The van der Waals surface area contributed by atoms with Crippen molar-refractivity contribution in [3.63, 3.8) is 0 Å². The largest absolute Gasteiger partial charge is 0.500 e. The van der Waals surface area contributed by atoms with Crippen LogP contribution in [0, 0.1) is 0 Å². The Labute approximate surface area is 107 Å². The topological polar surface area (TPSA) is 57.1 Å². The Balaban J connectivity index is 4.63. The molecule has 100 valence electrons. The first-order chi connectivity index (χ1) is 8.16. The van der Waals surface area contributed by atoms with E-state index in [9.17, 15) is 4.79 Å². The lowest BCUT2D eigenvalue weighted by atomic mass is 10.5. The van der Waals surface area contributed by atoms with Crippen LogP contribution in [-0.2, 0) is 18.1 Å². The van der Waals surface area contributed by atoms with Gasteiger partial charge in [0.05, 0.1) is 6.54 Å². The molecule has 1 unspecified atom stereocenters. The van der Waals surface area contributed by atoms with Crippen LogP contribution in [0.15, 0.2) is 4.99 Å². The molecular formula is C10H23NO4Si2. The van der Waals surface area contributed by atoms with Crippen molar-refractivity contribution in [1.29, 1.82) is 0 Å². The van der Waals surface area contributed by atoms with Crippen LogP contribution in [0.3, 0.4) is 0 Å². The molecule has 0 fully saturated rings. The highest BCUT2D eigenvalue weighted by Crippen LogP contribution is 2.26. The lowest BCUT2D eigenvalue weighted by molar-refractivity contribution is 0.0675. The van der Waals surface area contributed by atoms with Crippen molar-refractivity contribution in [3.8, 4) is 0 Å². The molecule has 0 amide bonds. The van der Waals surface area contributed by atoms with E-state index in [1.54, 1.807) is 6.08 Å². The van der Waals surface area contributed by atoms with E-state index in [0.29, 0.717) is 26.4 Å². The first kappa shape index (κ1) is 16.7. The van der Waals surface area contributed by atoms with Crippen molar-refractivity contribution in [2.75, 3.05) is 26.4 Å². The summed E-state index contributed by atoms with van der Waals surface area (Å²) in [7, 11) is -1.67. The predicted octanol–water partition coefficient (Wildman–Crippen LogP) is 0.454. The second kappa shape index (κ2) is 9.70. The third-order valence-electron chi connectivity index (χ3n) is 2.38. The van der Waals surface area contributed by atoms with Crippen LogP contribution >= 0.6 is 0 Å². The van der Waals surface area contributed by atoms with Gasteiger partial charge in [0.2, 0.25) is 6.08 Å². The standard InChI is InChI=1S/C10H23NO4Si2/c1-4-13-17(14-5-2,15-6-3)10(16)7-8-11-9-12/h10H,4-8H2,1-3,16H3. The van der Waals surface area contributed by atoms with Gasteiger partial charge in [-0.25, -0.2) is 9.79 Å². The molecule has 0 saturated heterocycles. The minimum atomic E-state index is -2.58. The zero-order valence-corrected chi connectivity index (χ0v) is 14.2. The second-order valence-corrected chi connectivity index (χ2v) is 9.17. The molecule has 0 spiro atoms. The van der Waals surface area contributed by atoms with Gasteiger partial charge >= 0.3 is 8.80 Å². The summed E-state index contributed by atoms with van der Waals surface area (Å²) < 4.78 is 17.4. The summed E-state index contributed by atoms with van der Waals surface area (Å²) >= 11 is 0. The van der Waals surface area contributed by atoms with Gasteiger partial charge in [0.15, 0.2) is 0 Å². The molecule has 0 saturated carbocycles. The fraction of sp³-hybridized carbons (Fsp3) is 0.900. The molecule has 0 bridgehead atoms. The van der Waals surface area contributed by atoms with Crippen molar-refractivity contribution in [2.24, 2.45) is 4.99 Å². The van der Waals surface area contributed by atoms with Crippen LogP contribution in [0.25, 0.3) is 0 Å². The minimum absolute atomic E-state index is 0.263. The maximum Gasteiger partial charge on any atom is 0.500 e. The molecule has 0 heterocycles. The molecule has 0 aliphatic heterocycles. The Morgan fingerprint density at radius 1 is 1.18 bits per heavy atom. The van der Waals surface area contributed by atoms with E-state index in [2.05, 4.69) is 4.99 Å². The van der Waals surface area contributed by atoms with E-state index in [1.165, 1.54) is 0 Å². The van der Waals surface area contributed by atoms with Crippen molar-refractivity contribution >= 4 is 25.1 Å². The van der Waals surface area contributed by atoms with Crippen LogP contribution in [0.2, 0.25) is 5.16 Å². The van der Waals surface area contributed by atoms with Crippen molar-refractivity contribution in [1.82, 2.24) is 0 Å². The molecule has 0 N–H and O–H groups in total. The Bertz CT molecular complexity index is 229. The SMILES string of the molecule is CCO[Si](OCC)(OCC)C([SiH3])CCN=C=O. The molecule has 0 radical (unpaired) electrons. The zero-order valence-electron chi connectivity index (χ0n) is 11.2. The van der Waals surface area contributed by atoms with E-state index < -0.39 is 8.80 Å². The summed E-state index contributed by atoms with van der Waals surface area (Å²) in [5, 5.41) is 0.263. The quantitative estimate of drug-likeness (QED) is 0.331. The average molecular weight is 277 g/mol. The van der Waals surface area contributed by atoms with E-state index >= 15 is 0 Å². The Hall–Kier alpha value is -0.306. The fourth-order valence-electron chi connectivity index (χ4n) is 1.64. The first-order valence-corrected chi connectivity index (χ1v) is 9.07. The summed E-state index contributed by atoms with van der Waals surface area (Å²) in [6.45, 7) is 8.05. The lowest BCUT2D eigenvalue weighted by Crippen LogP contribution is -2.51. The summed E-state index contributed by atoms with van der Waals surface area (Å²) in [6, 6.07) is 0. The number of hydrogen-bond acceptors (Lipinski definition) is 5. The monoisotopic (exact) mass is 277 g/mol. The molecule has 0 rings (SSSR count). The minimum Gasteiger partial charge on any atom is -0.374 e. The van der Waals surface area contributed by atoms with Gasteiger partial charge in [-0.1, -0.05) is 0 Å². The molecule has 0 aromatic carbocycles. The Morgan fingerprint density at radius 2 is 1.65 bits per heavy atom. The summed E-state index contributed by atoms with van der Waals surface area (Å²) in [4.78, 5) is 13.6. The van der Waals surface area contributed by atoms with Gasteiger partial charge in [-0.15, -0.1) is 0 Å². The molecule has 0 aromatic heterocycles. The summed E-state index contributed by atoms with van der Waals surface area (Å²) in [5.74, 6) is 0.